The summed E-state index contributed by atoms with van der Waals surface area (Å²) in [7, 11) is 0. The van der Waals surface area contributed by atoms with E-state index in [2.05, 4.69) is 16.0 Å². The summed E-state index contributed by atoms with van der Waals surface area (Å²) in [5.74, 6) is -6.17. The van der Waals surface area contributed by atoms with Crippen LogP contribution in [0.5, 0.6) is 0 Å². The minimum atomic E-state index is -3.63. The number of nitrogens with one attached hydrogen (secondary N) is 3. The highest BCUT2D eigenvalue weighted by Crippen LogP contribution is 2.31. The average Bonchev–Trinajstić information content (AvgIpc) is 2.79. The molecule has 35 heavy (non-hydrogen) atoms. The number of hydrogen-bond acceptors (Lipinski definition) is 10. The van der Waals surface area contributed by atoms with Crippen LogP contribution in [-0.2, 0) is 19.1 Å². The van der Waals surface area contributed by atoms with Crippen LogP contribution in [0.2, 0.25) is 0 Å². The minimum Gasteiger partial charge on any atom is -0.480 e. The fraction of sp³-hybridized carbons (Fsp3) is 0.850. The predicted octanol–water partition coefficient (Wildman–Crippen LogP) is -3.35. The Morgan fingerprint density at radius 1 is 1.00 bits per heavy atom. The largest absolute Gasteiger partial charge is 0.480 e. The van der Waals surface area contributed by atoms with Gasteiger partial charge in [0.25, 0.3) is 5.92 Å². The van der Waals surface area contributed by atoms with Crippen LogP contribution in [0.4, 0.5) is 8.78 Å². The van der Waals surface area contributed by atoms with E-state index in [9.17, 15) is 38.5 Å². The van der Waals surface area contributed by atoms with E-state index >= 15 is 0 Å². The molecule has 1 rings (SSSR count). The van der Waals surface area contributed by atoms with Gasteiger partial charge in [-0.2, -0.15) is 0 Å². The van der Waals surface area contributed by atoms with Crippen molar-refractivity contribution < 1.29 is 53.4 Å². The van der Waals surface area contributed by atoms with Gasteiger partial charge in [-0.05, 0) is 33.2 Å². The van der Waals surface area contributed by atoms with Crippen LogP contribution < -0.4 is 21.7 Å². The van der Waals surface area contributed by atoms with Gasteiger partial charge in [-0.25, -0.2) is 8.78 Å². The van der Waals surface area contributed by atoms with Gasteiger partial charge in [-0.3, -0.25) is 14.4 Å². The van der Waals surface area contributed by atoms with Crippen molar-refractivity contribution in [3.8, 4) is 0 Å². The lowest BCUT2D eigenvalue weighted by Gasteiger charge is -2.42. The first kappa shape index (κ1) is 31.0. The maximum atomic E-state index is 14.5. The molecule has 0 bridgehead atoms. The van der Waals surface area contributed by atoms with E-state index < -0.39 is 85.5 Å². The quantitative estimate of drug-likeness (QED) is 0.104. The van der Waals surface area contributed by atoms with Gasteiger partial charge in [0.2, 0.25) is 11.8 Å². The van der Waals surface area contributed by atoms with Crippen LogP contribution in [0.15, 0.2) is 0 Å². The van der Waals surface area contributed by atoms with E-state index in [4.69, 9.17) is 20.7 Å². The number of carboxylic acids is 1. The number of aliphatic carboxylic acids is 1. The number of hydrogen-bond donors (Lipinski definition) is 9. The second-order valence-corrected chi connectivity index (χ2v) is 8.59. The first-order valence-corrected chi connectivity index (χ1v) is 11.2. The fourth-order valence-electron chi connectivity index (χ4n) is 3.34. The van der Waals surface area contributed by atoms with E-state index in [1.165, 1.54) is 13.8 Å². The first-order valence-electron chi connectivity index (χ1n) is 11.2. The summed E-state index contributed by atoms with van der Waals surface area (Å²) in [6, 6.07) is -3.12. The summed E-state index contributed by atoms with van der Waals surface area (Å²) in [6.07, 6.45) is -8.34. The van der Waals surface area contributed by atoms with Crippen LogP contribution in [0.1, 0.15) is 33.1 Å². The standard InChI is InChI=1S/C20H36F2N4O9/c1-9(17(31)26-10(2)19(33)34)25-18(32)11(23)5-3-4-6-24-8-20(21,22)16-15(30)14(29)13(28)12(7-27)35-16/h9-16,24,27-30H,3-8,23H2,1-2H3,(H,25,32)(H,26,31)(H,33,34)/t9-,10-,11-,12+,13-,14-,15+,16+/m0/s1. The number of alkyl halides is 2. The smallest absolute Gasteiger partial charge is 0.325 e. The average molecular weight is 515 g/mol. The van der Waals surface area contributed by atoms with Crippen molar-refractivity contribution in [1.29, 1.82) is 0 Å². The predicted molar refractivity (Wildman–Crippen MR) is 116 cm³/mol. The summed E-state index contributed by atoms with van der Waals surface area (Å²) in [4.78, 5) is 34.7. The second kappa shape index (κ2) is 13.9. The maximum Gasteiger partial charge on any atom is 0.325 e. The van der Waals surface area contributed by atoms with Crippen LogP contribution in [0, 0.1) is 0 Å². The lowest BCUT2D eigenvalue weighted by molar-refractivity contribution is -0.278. The number of unbranched alkanes of at least 4 members (excludes halogenated alkanes) is 1. The monoisotopic (exact) mass is 514 g/mol. The molecule has 15 heteroatoms. The number of halogens is 2. The summed E-state index contributed by atoms with van der Waals surface area (Å²) in [5, 5.41) is 54.2. The minimum absolute atomic E-state index is 0.104. The van der Waals surface area contributed by atoms with E-state index in [-0.39, 0.29) is 13.0 Å². The number of carboxylic acid groups (broad SMARTS) is 1. The molecular formula is C20H36F2N4O9. The molecule has 0 saturated carbocycles. The molecule has 1 saturated heterocycles. The van der Waals surface area contributed by atoms with E-state index in [0.717, 1.165) is 0 Å². The Balaban J connectivity index is 2.35. The van der Waals surface area contributed by atoms with E-state index in [0.29, 0.717) is 12.8 Å². The molecule has 0 aromatic rings. The Hall–Kier alpha value is -2.01. The van der Waals surface area contributed by atoms with Crippen molar-refractivity contribution in [2.24, 2.45) is 5.73 Å². The summed E-state index contributed by atoms with van der Waals surface area (Å²) in [6.45, 7) is 1.02. The maximum absolute atomic E-state index is 14.5. The molecule has 1 heterocycles. The van der Waals surface area contributed by atoms with E-state index in [1.54, 1.807) is 0 Å². The van der Waals surface area contributed by atoms with Gasteiger partial charge >= 0.3 is 5.97 Å². The van der Waals surface area contributed by atoms with Gasteiger partial charge in [-0.15, -0.1) is 0 Å². The Bertz CT molecular complexity index is 716. The summed E-state index contributed by atoms with van der Waals surface area (Å²) in [5.41, 5.74) is 5.78. The lowest BCUT2D eigenvalue weighted by Crippen LogP contribution is -2.64. The highest BCUT2D eigenvalue weighted by atomic mass is 19.3. The molecule has 1 fully saturated rings. The molecule has 10 N–H and O–H groups in total. The summed E-state index contributed by atoms with van der Waals surface area (Å²) >= 11 is 0. The van der Waals surface area contributed by atoms with Crippen molar-refractivity contribution in [3.05, 3.63) is 0 Å². The van der Waals surface area contributed by atoms with Crippen molar-refractivity contribution in [2.45, 2.75) is 87.7 Å². The van der Waals surface area contributed by atoms with Crippen molar-refractivity contribution in [2.75, 3.05) is 19.7 Å². The molecule has 2 amide bonds. The van der Waals surface area contributed by atoms with Gasteiger partial charge < -0.3 is 52.0 Å². The third-order valence-corrected chi connectivity index (χ3v) is 5.61. The Labute approximate surface area is 201 Å². The molecule has 0 radical (unpaired) electrons. The first-order chi connectivity index (χ1) is 16.2. The number of aliphatic hydroxyl groups is 4. The topological polar surface area (TPSA) is 224 Å². The van der Waals surface area contributed by atoms with Gasteiger partial charge in [0.05, 0.1) is 19.2 Å². The van der Waals surface area contributed by atoms with Crippen molar-refractivity contribution in [3.63, 3.8) is 0 Å². The number of rotatable bonds is 14. The lowest BCUT2D eigenvalue weighted by atomic mass is 9.92. The van der Waals surface area contributed by atoms with Crippen LogP contribution in [0.25, 0.3) is 0 Å². The highest BCUT2D eigenvalue weighted by Gasteiger charge is 2.54. The molecule has 204 valence electrons. The third-order valence-electron chi connectivity index (χ3n) is 5.61. The molecule has 0 aromatic carbocycles. The van der Waals surface area contributed by atoms with Gasteiger partial charge in [-0.1, -0.05) is 6.42 Å². The van der Waals surface area contributed by atoms with Crippen LogP contribution in [-0.4, -0.2) is 118 Å². The Morgan fingerprint density at radius 3 is 2.17 bits per heavy atom. The number of nitrogens with two attached hydrogens (primary N) is 1. The Morgan fingerprint density at radius 2 is 1.60 bits per heavy atom. The van der Waals surface area contributed by atoms with Crippen molar-refractivity contribution >= 4 is 17.8 Å². The van der Waals surface area contributed by atoms with Gasteiger partial charge in [0.1, 0.15) is 36.5 Å². The molecule has 1 aliphatic rings. The third kappa shape index (κ3) is 9.18. The second-order valence-electron chi connectivity index (χ2n) is 8.59. The van der Waals surface area contributed by atoms with Gasteiger partial charge in [0, 0.05) is 0 Å². The molecule has 8 atom stereocenters. The molecule has 0 unspecified atom stereocenters. The van der Waals surface area contributed by atoms with Crippen LogP contribution >= 0.6 is 0 Å². The zero-order valence-electron chi connectivity index (χ0n) is 19.6. The molecule has 13 nitrogen and oxygen atoms in total. The zero-order chi connectivity index (χ0) is 26.9. The number of ether oxygens (including phenoxy) is 1. The van der Waals surface area contributed by atoms with Crippen molar-refractivity contribution in [1.82, 2.24) is 16.0 Å². The zero-order valence-corrected chi connectivity index (χ0v) is 19.6. The normalized spacial score (nSPS) is 27.5. The van der Waals surface area contributed by atoms with Crippen LogP contribution in [0.3, 0.4) is 0 Å². The molecule has 0 aliphatic carbocycles. The highest BCUT2D eigenvalue weighted by molar-refractivity contribution is 5.91. The number of carbonyl (C=O) groups is 3. The Kier molecular flexibility index (Phi) is 12.3. The molecular weight excluding hydrogens is 478 g/mol. The number of amides is 2. The molecule has 1 aliphatic heterocycles. The SMILES string of the molecule is C[C@H](NC(=O)[C@H](C)NC(=O)[C@@H](N)CCCCNCC(F)(F)[C@@H]1O[C@H](CO)[C@H](O)[C@H](O)[C@H]1O)C(=O)O. The number of aliphatic hydroxyl groups excluding tert-OH is 4. The van der Waals surface area contributed by atoms with E-state index in [1.807, 2.05) is 0 Å². The summed E-state index contributed by atoms with van der Waals surface area (Å²) < 4.78 is 33.8. The molecule has 0 spiro atoms. The number of carbonyl (C=O) groups excluding carboxylic acids is 2. The van der Waals surface area contributed by atoms with Gasteiger partial charge in [0.15, 0.2) is 6.10 Å². The molecule has 0 aromatic heterocycles. The fourth-order valence-corrected chi connectivity index (χ4v) is 3.34.